The molecule has 0 aromatic rings. The number of aliphatic hydroxyl groups is 1. The van der Waals surface area contributed by atoms with Gasteiger partial charge < -0.3 is 33.8 Å². The minimum atomic E-state index is -4.97. The molecule has 0 saturated heterocycles. The third-order valence-electron chi connectivity index (χ3n) is 21.4. The van der Waals surface area contributed by atoms with E-state index in [1.54, 1.807) is 0 Å². The van der Waals surface area contributed by atoms with Crippen LogP contribution in [0.5, 0.6) is 0 Å². The Morgan fingerprint density at radius 1 is 0.271 bits per heavy atom. The molecular formula is C88H172O17P2. The lowest BCUT2D eigenvalue weighted by Gasteiger charge is -2.21. The number of ether oxygens (including phenoxy) is 4. The van der Waals surface area contributed by atoms with Crippen molar-refractivity contribution < 1.29 is 80.2 Å². The van der Waals surface area contributed by atoms with Crippen molar-refractivity contribution in [2.45, 2.75) is 484 Å². The van der Waals surface area contributed by atoms with Crippen LogP contribution in [-0.4, -0.2) is 96.7 Å². The highest BCUT2D eigenvalue weighted by Gasteiger charge is 2.31. The molecule has 0 radical (unpaired) electrons. The zero-order chi connectivity index (χ0) is 78.6. The van der Waals surface area contributed by atoms with Crippen LogP contribution in [0.4, 0.5) is 0 Å². The number of carbonyl (C=O) groups excluding carboxylic acids is 4. The lowest BCUT2D eigenvalue weighted by atomic mass is 9.99. The molecule has 0 aliphatic heterocycles. The lowest BCUT2D eigenvalue weighted by molar-refractivity contribution is -0.161. The molecule has 7 atom stereocenters. The van der Waals surface area contributed by atoms with Gasteiger partial charge in [-0.3, -0.25) is 37.3 Å². The molecule has 0 heterocycles. The standard InChI is InChI=1S/C88H172O17P2/c1-8-11-12-13-14-15-16-17-18-19-20-21-22-23-27-30-33-36-42-47-55-62-69-85(90)98-75-83(104-87(92)71-64-57-48-43-37-34-31-28-25-24-26-29-32-35-41-46-53-60-67-80(6)9-2)77-102-106(94,95)100-73-82(89)74-101-107(96,97)103-78-84(76-99-86(91)70-63-56-51-50-54-61-68-81(7)10-3)105-88(93)72-65-58-49-44-39-38-40-45-52-59-66-79(4)5/h79-84,89H,8-78H2,1-7H3,(H,94,95)(H,96,97)/t80?,81?,82-,83-,84-/m1/s1. The van der Waals surface area contributed by atoms with E-state index in [1.807, 2.05) is 0 Å². The second-order valence-corrected chi connectivity index (χ2v) is 35.5. The number of hydrogen-bond donors (Lipinski definition) is 3. The van der Waals surface area contributed by atoms with Gasteiger partial charge in [-0.2, -0.15) is 0 Å². The first kappa shape index (κ1) is 105. The molecule has 0 aromatic heterocycles. The van der Waals surface area contributed by atoms with Crippen molar-refractivity contribution >= 4 is 39.5 Å². The van der Waals surface area contributed by atoms with Crippen molar-refractivity contribution in [3.05, 3.63) is 0 Å². The van der Waals surface area contributed by atoms with Gasteiger partial charge in [0.25, 0.3) is 0 Å². The topological polar surface area (TPSA) is 237 Å². The first-order valence-corrected chi connectivity index (χ1v) is 48.4. The highest BCUT2D eigenvalue weighted by Crippen LogP contribution is 2.45. The van der Waals surface area contributed by atoms with Crippen LogP contribution >= 0.6 is 15.6 Å². The van der Waals surface area contributed by atoms with E-state index < -0.39 is 97.5 Å². The molecule has 0 rings (SSSR count). The Morgan fingerprint density at radius 2 is 0.477 bits per heavy atom. The number of unbranched alkanes of at least 4 members (excludes halogenated alkanes) is 52. The Hall–Kier alpha value is -1.94. The summed E-state index contributed by atoms with van der Waals surface area (Å²) < 4.78 is 68.9. The zero-order valence-corrected chi connectivity index (χ0v) is 72.4. The fourth-order valence-corrected chi connectivity index (χ4v) is 15.2. The van der Waals surface area contributed by atoms with E-state index in [0.717, 1.165) is 114 Å². The summed E-state index contributed by atoms with van der Waals surface area (Å²) in [7, 11) is -9.93. The lowest BCUT2D eigenvalue weighted by Crippen LogP contribution is -2.30. The van der Waals surface area contributed by atoms with Gasteiger partial charge in [0.2, 0.25) is 0 Å². The summed E-state index contributed by atoms with van der Waals surface area (Å²) in [5, 5.41) is 10.7. The normalized spacial score (nSPS) is 14.3. The SMILES string of the molecule is CCCCCCCCCCCCCCCCCCCCCCCCC(=O)OC[C@H](COP(=O)(O)OC[C@@H](O)COP(=O)(O)OC[C@@H](COC(=O)CCCCCCCCC(C)CC)OC(=O)CCCCCCCCCCCCC(C)C)OC(=O)CCCCCCCCCCCCCCCCCCCCC(C)CC. The maximum atomic E-state index is 13.2. The fraction of sp³-hybridized carbons (Fsp3) is 0.955. The van der Waals surface area contributed by atoms with Gasteiger partial charge in [-0.15, -0.1) is 0 Å². The molecule has 0 spiro atoms. The van der Waals surface area contributed by atoms with Crippen molar-refractivity contribution in [3.63, 3.8) is 0 Å². The molecule has 4 unspecified atom stereocenters. The van der Waals surface area contributed by atoms with Gasteiger partial charge in [-0.25, -0.2) is 9.13 Å². The minimum absolute atomic E-state index is 0.105. The molecule has 0 aromatic carbocycles. The Balaban J connectivity index is 5.20. The highest BCUT2D eigenvalue weighted by molar-refractivity contribution is 7.47. The molecule has 0 fully saturated rings. The van der Waals surface area contributed by atoms with E-state index in [9.17, 15) is 43.2 Å². The molecule has 0 bridgehead atoms. The monoisotopic (exact) mass is 1560 g/mol. The summed E-state index contributed by atoms with van der Waals surface area (Å²) >= 11 is 0. The maximum Gasteiger partial charge on any atom is 0.472 e. The second-order valence-electron chi connectivity index (χ2n) is 32.6. The molecule has 17 nitrogen and oxygen atoms in total. The Bertz CT molecular complexity index is 2060. The zero-order valence-electron chi connectivity index (χ0n) is 70.6. The fourth-order valence-electron chi connectivity index (χ4n) is 13.7. The van der Waals surface area contributed by atoms with Gasteiger partial charge >= 0.3 is 39.5 Å². The molecular weight excluding hydrogens is 1390 g/mol. The maximum absolute atomic E-state index is 13.2. The van der Waals surface area contributed by atoms with Crippen LogP contribution in [0.3, 0.4) is 0 Å². The number of aliphatic hydroxyl groups excluding tert-OH is 1. The number of phosphoric acid groups is 2. The summed E-state index contributed by atoms with van der Waals surface area (Å²) in [6, 6.07) is 0. The van der Waals surface area contributed by atoms with Gasteiger partial charge in [-0.05, 0) is 43.4 Å². The first-order valence-electron chi connectivity index (χ1n) is 45.4. The third kappa shape index (κ3) is 79.1. The summed E-state index contributed by atoms with van der Waals surface area (Å²) in [4.78, 5) is 73.2. The van der Waals surface area contributed by atoms with Crippen molar-refractivity contribution in [3.8, 4) is 0 Å². The number of phosphoric ester groups is 2. The average molecular weight is 1560 g/mol. The van der Waals surface area contributed by atoms with E-state index >= 15 is 0 Å². The second kappa shape index (κ2) is 78.0. The first-order chi connectivity index (χ1) is 51.8. The van der Waals surface area contributed by atoms with Crippen LogP contribution in [0.15, 0.2) is 0 Å². The Kier molecular flexibility index (Phi) is 76.6. The largest absolute Gasteiger partial charge is 0.472 e. The van der Waals surface area contributed by atoms with Crippen LogP contribution in [0.25, 0.3) is 0 Å². The quantitative estimate of drug-likeness (QED) is 0.0222. The van der Waals surface area contributed by atoms with Gasteiger partial charge in [0.15, 0.2) is 12.2 Å². The van der Waals surface area contributed by atoms with Crippen LogP contribution in [0.2, 0.25) is 0 Å². The summed E-state index contributed by atoms with van der Waals surface area (Å²) in [6.07, 6.45) is 69.7. The molecule has 0 amide bonds. The molecule has 3 N–H and O–H groups in total. The number of hydrogen-bond acceptors (Lipinski definition) is 15. The van der Waals surface area contributed by atoms with E-state index in [4.69, 9.17) is 37.0 Å². The van der Waals surface area contributed by atoms with Crippen LogP contribution in [-0.2, 0) is 65.4 Å². The number of carbonyl (C=O) groups is 4. The summed E-state index contributed by atoms with van der Waals surface area (Å²) in [5.41, 5.74) is 0. The van der Waals surface area contributed by atoms with Crippen molar-refractivity contribution in [1.29, 1.82) is 0 Å². The molecule has 0 saturated carbocycles. The predicted molar refractivity (Wildman–Crippen MR) is 441 cm³/mol. The van der Waals surface area contributed by atoms with Gasteiger partial charge in [0, 0.05) is 25.7 Å². The van der Waals surface area contributed by atoms with Crippen molar-refractivity contribution in [1.82, 2.24) is 0 Å². The predicted octanol–water partition coefficient (Wildman–Crippen LogP) is 26.9. The van der Waals surface area contributed by atoms with Crippen LogP contribution < -0.4 is 0 Å². The van der Waals surface area contributed by atoms with Crippen LogP contribution in [0, 0.1) is 17.8 Å². The molecule has 19 heteroatoms. The van der Waals surface area contributed by atoms with Gasteiger partial charge in [0.05, 0.1) is 26.4 Å². The van der Waals surface area contributed by atoms with Crippen molar-refractivity contribution in [2.75, 3.05) is 39.6 Å². The molecule has 636 valence electrons. The highest BCUT2D eigenvalue weighted by atomic mass is 31.2. The van der Waals surface area contributed by atoms with E-state index in [2.05, 4.69) is 48.5 Å². The van der Waals surface area contributed by atoms with E-state index in [1.165, 1.54) is 270 Å². The summed E-state index contributed by atoms with van der Waals surface area (Å²) in [5.74, 6) is 0.247. The van der Waals surface area contributed by atoms with E-state index in [0.29, 0.717) is 25.7 Å². The third-order valence-corrected chi connectivity index (χ3v) is 23.3. The Labute approximate surface area is 658 Å². The van der Waals surface area contributed by atoms with Crippen LogP contribution in [0.1, 0.15) is 466 Å². The molecule has 107 heavy (non-hydrogen) atoms. The van der Waals surface area contributed by atoms with Gasteiger partial charge in [-0.1, -0.05) is 414 Å². The number of rotatable bonds is 86. The molecule has 0 aliphatic rings. The minimum Gasteiger partial charge on any atom is -0.462 e. The average Bonchev–Trinajstić information content (AvgIpc) is 0.909. The molecule has 0 aliphatic carbocycles. The Morgan fingerprint density at radius 3 is 0.710 bits per heavy atom. The van der Waals surface area contributed by atoms with Crippen molar-refractivity contribution in [2.24, 2.45) is 17.8 Å². The van der Waals surface area contributed by atoms with E-state index in [-0.39, 0.29) is 25.7 Å². The smallest absolute Gasteiger partial charge is 0.462 e. The van der Waals surface area contributed by atoms with Gasteiger partial charge in [0.1, 0.15) is 19.3 Å². The summed E-state index contributed by atoms with van der Waals surface area (Å²) in [6.45, 7) is 12.0. The number of esters is 4.